The summed E-state index contributed by atoms with van der Waals surface area (Å²) in [6.07, 6.45) is 4.15. The number of carbonyl (C=O) groups excluding carboxylic acids is 1. The van der Waals surface area contributed by atoms with E-state index in [0.29, 0.717) is 19.0 Å². The van der Waals surface area contributed by atoms with E-state index in [9.17, 15) is 4.79 Å². The average molecular weight is 254 g/mol. The van der Waals surface area contributed by atoms with Crippen LogP contribution in [0.5, 0.6) is 0 Å². The first-order chi connectivity index (χ1) is 8.40. The largest absolute Gasteiger partial charge is 0.372 e. The van der Waals surface area contributed by atoms with Crippen LogP contribution in [0.2, 0.25) is 0 Å². The molecule has 18 heavy (non-hydrogen) atoms. The molecule has 4 nitrogen and oxygen atoms in total. The van der Waals surface area contributed by atoms with Crippen LogP contribution in [0.25, 0.3) is 0 Å². The Balaban J connectivity index is 2.05. The summed E-state index contributed by atoms with van der Waals surface area (Å²) in [5, 5.41) is 0. The molecular formula is C14H26N2O2. The molecule has 0 bridgehead atoms. The van der Waals surface area contributed by atoms with Crippen LogP contribution < -0.4 is 5.73 Å². The minimum atomic E-state index is -0.631. The summed E-state index contributed by atoms with van der Waals surface area (Å²) < 4.78 is 5.67. The first-order valence-corrected chi connectivity index (χ1v) is 7.14. The van der Waals surface area contributed by atoms with E-state index in [4.69, 9.17) is 10.5 Å². The Kier molecular flexibility index (Phi) is 3.97. The van der Waals surface area contributed by atoms with Gasteiger partial charge >= 0.3 is 0 Å². The summed E-state index contributed by atoms with van der Waals surface area (Å²) in [5.41, 5.74) is 5.75. The second-order valence-electron chi connectivity index (χ2n) is 6.33. The molecule has 1 saturated heterocycles. The summed E-state index contributed by atoms with van der Waals surface area (Å²) in [5.74, 6) is 0.694. The summed E-state index contributed by atoms with van der Waals surface area (Å²) >= 11 is 0. The van der Waals surface area contributed by atoms with Crippen molar-refractivity contribution in [2.24, 2.45) is 11.7 Å². The highest BCUT2D eigenvalue weighted by Gasteiger charge is 2.42. The lowest BCUT2D eigenvalue weighted by atomic mass is 9.76. The fourth-order valence-electron chi connectivity index (χ4n) is 3.44. The van der Waals surface area contributed by atoms with Gasteiger partial charge in [0.15, 0.2) is 0 Å². The molecule has 0 aromatic heterocycles. The van der Waals surface area contributed by atoms with Gasteiger partial charge in [0.2, 0.25) is 5.91 Å². The highest BCUT2D eigenvalue weighted by atomic mass is 16.5. The van der Waals surface area contributed by atoms with Gasteiger partial charge in [-0.05, 0) is 32.6 Å². The number of nitrogens with zero attached hydrogens (tertiary/aromatic N) is 1. The second-order valence-corrected chi connectivity index (χ2v) is 6.33. The quantitative estimate of drug-likeness (QED) is 0.772. The number of ether oxygens (including phenoxy) is 1. The van der Waals surface area contributed by atoms with E-state index in [2.05, 4.69) is 6.92 Å². The Morgan fingerprint density at radius 1 is 1.28 bits per heavy atom. The fourth-order valence-corrected chi connectivity index (χ4v) is 3.44. The molecule has 104 valence electrons. The van der Waals surface area contributed by atoms with Crippen molar-refractivity contribution in [1.82, 2.24) is 4.90 Å². The van der Waals surface area contributed by atoms with Crippen molar-refractivity contribution < 1.29 is 9.53 Å². The number of nitrogens with two attached hydrogens (primary N) is 1. The standard InChI is InChI=1S/C14H26N2O2/c1-10-5-4-6-14(15,7-10)13(17)16-8-11(2)18-12(3)9-16/h10-12H,4-9,15H2,1-3H3/t10?,11-,12+,14?. The zero-order valence-electron chi connectivity index (χ0n) is 11.8. The van der Waals surface area contributed by atoms with Crippen LogP contribution in [0.3, 0.4) is 0 Å². The highest BCUT2D eigenvalue weighted by Crippen LogP contribution is 2.32. The van der Waals surface area contributed by atoms with Crippen molar-refractivity contribution in [2.75, 3.05) is 13.1 Å². The Morgan fingerprint density at radius 3 is 2.44 bits per heavy atom. The monoisotopic (exact) mass is 254 g/mol. The Labute approximate surface area is 110 Å². The molecule has 2 rings (SSSR count). The molecule has 1 heterocycles. The maximum Gasteiger partial charge on any atom is 0.242 e. The molecule has 2 aliphatic rings. The molecule has 0 spiro atoms. The number of hydrogen-bond acceptors (Lipinski definition) is 3. The lowest BCUT2D eigenvalue weighted by molar-refractivity contribution is -0.150. The lowest BCUT2D eigenvalue weighted by Crippen LogP contribution is -2.61. The molecule has 4 heteroatoms. The third-order valence-corrected chi connectivity index (χ3v) is 4.17. The maximum absolute atomic E-state index is 12.7. The van der Waals surface area contributed by atoms with Crippen molar-refractivity contribution in [1.29, 1.82) is 0 Å². The van der Waals surface area contributed by atoms with E-state index in [1.54, 1.807) is 0 Å². The summed E-state index contributed by atoms with van der Waals surface area (Å²) in [4.78, 5) is 14.6. The molecule has 1 aliphatic carbocycles. The minimum Gasteiger partial charge on any atom is -0.372 e. The van der Waals surface area contributed by atoms with E-state index in [-0.39, 0.29) is 18.1 Å². The molecule has 4 atom stereocenters. The van der Waals surface area contributed by atoms with E-state index in [0.717, 1.165) is 19.3 Å². The van der Waals surface area contributed by atoms with Crippen molar-refractivity contribution in [3.05, 3.63) is 0 Å². The van der Waals surface area contributed by atoms with Gasteiger partial charge in [0.1, 0.15) is 0 Å². The molecule has 1 aliphatic heterocycles. The van der Waals surface area contributed by atoms with Crippen LogP contribution >= 0.6 is 0 Å². The van der Waals surface area contributed by atoms with Crippen LogP contribution in [0.4, 0.5) is 0 Å². The molecule has 0 aromatic carbocycles. The number of rotatable bonds is 1. The smallest absolute Gasteiger partial charge is 0.242 e. The first kappa shape index (κ1) is 13.8. The minimum absolute atomic E-state index is 0.113. The van der Waals surface area contributed by atoms with E-state index >= 15 is 0 Å². The molecule has 1 saturated carbocycles. The average Bonchev–Trinajstić information content (AvgIpc) is 2.26. The van der Waals surface area contributed by atoms with Gasteiger partial charge in [-0.25, -0.2) is 0 Å². The predicted molar refractivity (Wildman–Crippen MR) is 71.1 cm³/mol. The first-order valence-electron chi connectivity index (χ1n) is 7.14. The number of hydrogen-bond donors (Lipinski definition) is 1. The van der Waals surface area contributed by atoms with Crippen LogP contribution in [0.15, 0.2) is 0 Å². The van der Waals surface area contributed by atoms with E-state index < -0.39 is 5.54 Å². The lowest BCUT2D eigenvalue weighted by Gasteiger charge is -2.42. The number of amides is 1. The van der Waals surface area contributed by atoms with E-state index in [1.807, 2.05) is 18.7 Å². The SMILES string of the molecule is CC1CCCC(N)(C(=O)N2C[C@@H](C)O[C@@H](C)C2)C1. The van der Waals surface area contributed by atoms with Crippen LogP contribution in [0.1, 0.15) is 46.5 Å². The molecule has 1 amide bonds. The third kappa shape index (κ3) is 2.86. The summed E-state index contributed by atoms with van der Waals surface area (Å²) in [7, 11) is 0. The van der Waals surface area contributed by atoms with Gasteiger partial charge in [-0.3, -0.25) is 4.79 Å². The molecule has 2 N–H and O–H groups in total. The van der Waals surface area contributed by atoms with Gasteiger partial charge in [0, 0.05) is 13.1 Å². The van der Waals surface area contributed by atoms with Gasteiger partial charge < -0.3 is 15.4 Å². The highest BCUT2D eigenvalue weighted by molar-refractivity contribution is 5.86. The van der Waals surface area contributed by atoms with Gasteiger partial charge in [0.05, 0.1) is 17.7 Å². The summed E-state index contributed by atoms with van der Waals surface area (Å²) in [6, 6.07) is 0. The Morgan fingerprint density at radius 2 is 1.89 bits per heavy atom. The normalized spacial score (nSPS) is 41.8. The van der Waals surface area contributed by atoms with Crippen LogP contribution in [-0.4, -0.2) is 41.6 Å². The predicted octanol–water partition coefficient (Wildman–Crippen LogP) is 1.53. The Hall–Kier alpha value is -0.610. The zero-order chi connectivity index (χ0) is 13.3. The molecule has 2 fully saturated rings. The fraction of sp³-hybridized carbons (Fsp3) is 0.929. The van der Waals surface area contributed by atoms with E-state index in [1.165, 1.54) is 6.42 Å². The van der Waals surface area contributed by atoms with Gasteiger partial charge in [-0.1, -0.05) is 19.8 Å². The zero-order valence-corrected chi connectivity index (χ0v) is 11.8. The number of morpholine rings is 1. The van der Waals surface area contributed by atoms with Gasteiger partial charge in [-0.15, -0.1) is 0 Å². The Bertz CT molecular complexity index is 311. The van der Waals surface area contributed by atoms with Gasteiger partial charge in [0.25, 0.3) is 0 Å². The van der Waals surface area contributed by atoms with Crippen LogP contribution in [0, 0.1) is 5.92 Å². The van der Waals surface area contributed by atoms with Gasteiger partial charge in [-0.2, -0.15) is 0 Å². The molecular weight excluding hydrogens is 228 g/mol. The molecule has 0 aromatic rings. The maximum atomic E-state index is 12.7. The summed E-state index contributed by atoms with van der Waals surface area (Å²) in [6.45, 7) is 7.58. The topological polar surface area (TPSA) is 55.6 Å². The second kappa shape index (κ2) is 5.17. The van der Waals surface area contributed by atoms with Crippen molar-refractivity contribution in [2.45, 2.75) is 64.2 Å². The van der Waals surface area contributed by atoms with Crippen molar-refractivity contribution in [3.63, 3.8) is 0 Å². The third-order valence-electron chi connectivity index (χ3n) is 4.17. The molecule has 2 unspecified atom stereocenters. The van der Waals surface area contributed by atoms with Crippen LogP contribution in [-0.2, 0) is 9.53 Å². The van der Waals surface area contributed by atoms with Crippen molar-refractivity contribution >= 4 is 5.91 Å². The molecule has 0 radical (unpaired) electrons. The van der Waals surface area contributed by atoms with Crippen molar-refractivity contribution in [3.8, 4) is 0 Å². The number of carbonyl (C=O) groups is 1.